The molecule has 0 saturated carbocycles. The summed E-state index contributed by atoms with van der Waals surface area (Å²) >= 11 is 0. The van der Waals surface area contributed by atoms with Gasteiger partial charge in [-0.15, -0.1) is 0 Å². The zero-order valence-electron chi connectivity index (χ0n) is 17.2. The van der Waals surface area contributed by atoms with Gasteiger partial charge in [0, 0.05) is 23.9 Å². The average Bonchev–Trinajstić information content (AvgIpc) is 2.80. The first-order valence-electron chi connectivity index (χ1n) is 10.1. The van der Waals surface area contributed by atoms with Crippen LogP contribution in [0.3, 0.4) is 0 Å². The number of rotatable bonds is 6. The Kier molecular flexibility index (Phi) is 5.84. The van der Waals surface area contributed by atoms with Crippen LogP contribution in [0.25, 0.3) is 5.70 Å². The van der Waals surface area contributed by atoms with Crippen molar-refractivity contribution in [3.63, 3.8) is 0 Å². The number of carbonyl (C=O) groups is 1. The highest BCUT2D eigenvalue weighted by Crippen LogP contribution is 2.35. The van der Waals surface area contributed by atoms with E-state index in [0.717, 1.165) is 40.9 Å². The molecule has 0 atom stereocenters. The van der Waals surface area contributed by atoms with Gasteiger partial charge in [0.05, 0.1) is 20.1 Å². The van der Waals surface area contributed by atoms with Gasteiger partial charge in [-0.3, -0.25) is 4.79 Å². The Labute approximate surface area is 177 Å². The predicted octanol–water partition coefficient (Wildman–Crippen LogP) is 4.59. The molecule has 1 heterocycles. The predicted molar refractivity (Wildman–Crippen MR) is 119 cm³/mol. The van der Waals surface area contributed by atoms with Gasteiger partial charge in [-0.05, 0) is 35.2 Å². The van der Waals surface area contributed by atoms with Gasteiger partial charge in [0.25, 0.3) is 0 Å². The first kappa shape index (κ1) is 19.8. The molecule has 4 nitrogen and oxygen atoms in total. The second kappa shape index (κ2) is 8.87. The van der Waals surface area contributed by atoms with Crippen LogP contribution in [-0.4, -0.2) is 26.5 Å². The Balaban J connectivity index is 1.76. The maximum absolute atomic E-state index is 13.5. The van der Waals surface area contributed by atoms with Crippen LogP contribution in [0.1, 0.15) is 28.2 Å². The molecule has 0 radical (unpaired) electrons. The fourth-order valence-electron chi connectivity index (χ4n) is 3.97. The number of allylic oxidation sites excluding steroid dienone is 1. The van der Waals surface area contributed by atoms with Crippen molar-refractivity contribution < 1.29 is 14.3 Å². The Morgan fingerprint density at radius 1 is 0.900 bits per heavy atom. The average molecular weight is 399 g/mol. The summed E-state index contributed by atoms with van der Waals surface area (Å²) in [7, 11) is 3.26. The number of nitrogens with one attached hydrogen (secondary N) is 1. The lowest BCUT2D eigenvalue weighted by atomic mass is 9.86. The smallest absolute Gasteiger partial charge is 0.169 e. The van der Waals surface area contributed by atoms with E-state index in [-0.39, 0.29) is 11.7 Å². The van der Waals surface area contributed by atoms with Gasteiger partial charge in [0.2, 0.25) is 0 Å². The molecule has 4 heteroatoms. The van der Waals surface area contributed by atoms with E-state index in [1.165, 1.54) is 0 Å². The number of benzene rings is 3. The largest absolute Gasteiger partial charge is 0.493 e. The molecule has 1 aliphatic rings. The third-order valence-corrected chi connectivity index (χ3v) is 5.45. The second-order valence-electron chi connectivity index (χ2n) is 7.26. The minimum Gasteiger partial charge on any atom is -0.493 e. The highest BCUT2D eigenvalue weighted by molar-refractivity contribution is 6.03. The Morgan fingerprint density at radius 3 is 2.03 bits per heavy atom. The number of methoxy groups -OCH3 is 2. The van der Waals surface area contributed by atoms with Gasteiger partial charge in [-0.2, -0.15) is 0 Å². The molecule has 0 spiro atoms. The maximum Gasteiger partial charge on any atom is 0.169 e. The van der Waals surface area contributed by atoms with Crippen molar-refractivity contribution in [2.75, 3.05) is 20.8 Å². The molecular formula is C26H25NO3. The minimum atomic E-state index is -0.354. The summed E-state index contributed by atoms with van der Waals surface area (Å²) in [4.78, 5) is 13.5. The van der Waals surface area contributed by atoms with Gasteiger partial charge >= 0.3 is 0 Å². The molecule has 0 fully saturated rings. The summed E-state index contributed by atoms with van der Waals surface area (Å²) in [6.07, 6.45) is 2.59. The quantitative estimate of drug-likeness (QED) is 0.616. The van der Waals surface area contributed by atoms with Crippen molar-refractivity contribution in [3.8, 4) is 11.5 Å². The first-order valence-corrected chi connectivity index (χ1v) is 10.1. The van der Waals surface area contributed by atoms with Crippen LogP contribution < -0.4 is 14.8 Å². The summed E-state index contributed by atoms with van der Waals surface area (Å²) in [5.41, 5.74) is 4.90. The standard InChI is InChI=1S/C26H25NO3/c1-29-24-15-20-13-14-27-22(21(20)16-25(24)30-2)17-23(28)26(18-9-5-3-6-10-18)19-11-7-4-8-12-19/h3-12,15-17,26-27H,13-14H2,1-2H3/b22-17-. The molecule has 0 aromatic heterocycles. The van der Waals surface area contributed by atoms with Crippen molar-refractivity contribution in [1.82, 2.24) is 5.32 Å². The first-order chi connectivity index (χ1) is 14.7. The number of hydrogen-bond donors (Lipinski definition) is 1. The summed E-state index contributed by atoms with van der Waals surface area (Å²) in [5, 5.41) is 3.40. The number of ether oxygens (including phenoxy) is 2. The molecule has 1 N–H and O–H groups in total. The fraction of sp³-hybridized carbons (Fsp3) is 0.192. The number of ketones is 1. The highest BCUT2D eigenvalue weighted by atomic mass is 16.5. The molecule has 1 aliphatic heterocycles. The number of hydrogen-bond acceptors (Lipinski definition) is 4. The fourth-order valence-corrected chi connectivity index (χ4v) is 3.97. The topological polar surface area (TPSA) is 47.6 Å². The lowest BCUT2D eigenvalue weighted by Gasteiger charge is -2.24. The highest BCUT2D eigenvalue weighted by Gasteiger charge is 2.24. The SMILES string of the molecule is COc1cc2c(cc1OC)/C(=C/C(=O)C(c1ccccc1)c1ccccc1)NCC2. The molecule has 3 aromatic rings. The Bertz CT molecular complexity index is 1020. The molecule has 3 aromatic carbocycles. The van der Waals surface area contributed by atoms with Crippen molar-refractivity contribution in [1.29, 1.82) is 0 Å². The molecule has 4 rings (SSSR count). The zero-order valence-corrected chi connectivity index (χ0v) is 17.2. The molecule has 0 amide bonds. The third-order valence-electron chi connectivity index (χ3n) is 5.45. The molecule has 0 aliphatic carbocycles. The Hall–Kier alpha value is -3.53. The molecule has 0 saturated heterocycles. The maximum atomic E-state index is 13.5. The normalized spacial score (nSPS) is 14.2. The zero-order chi connectivity index (χ0) is 20.9. The van der Waals surface area contributed by atoms with Crippen LogP contribution in [0.4, 0.5) is 0 Å². The summed E-state index contributed by atoms with van der Waals surface area (Å²) in [6.45, 7) is 0.767. The molecule has 152 valence electrons. The lowest BCUT2D eigenvalue weighted by molar-refractivity contribution is -0.115. The molecule has 0 bridgehead atoms. The van der Waals surface area contributed by atoms with E-state index in [0.29, 0.717) is 11.5 Å². The van der Waals surface area contributed by atoms with Crippen molar-refractivity contribution in [3.05, 3.63) is 101 Å². The van der Waals surface area contributed by atoms with E-state index in [4.69, 9.17) is 9.47 Å². The van der Waals surface area contributed by atoms with Gasteiger partial charge < -0.3 is 14.8 Å². The second-order valence-corrected chi connectivity index (χ2v) is 7.26. The van der Waals surface area contributed by atoms with E-state index in [9.17, 15) is 4.79 Å². The third kappa shape index (κ3) is 3.94. The number of carbonyl (C=O) groups excluding carboxylic acids is 1. The molecule has 30 heavy (non-hydrogen) atoms. The van der Waals surface area contributed by atoms with Crippen LogP contribution in [0, 0.1) is 0 Å². The van der Waals surface area contributed by atoms with Crippen LogP contribution in [0.5, 0.6) is 11.5 Å². The lowest BCUT2D eigenvalue weighted by Crippen LogP contribution is -2.24. The van der Waals surface area contributed by atoms with E-state index in [1.54, 1.807) is 20.3 Å². The summed E-state index contributed by atoms with van der Waals surface area (Å²) in [5.74, 6) is 1.04. The van der Waals surface area contributed by atoms with E-state index in [2.05, 4.69) is 5.32 Å². The van der Waals surface area contributed by atoms with Crippen LogP contribution >= 0.6 is 0 Å². The van der Waals surface area contributed by atoms with Crippen molar-refractivity contribution >= 4 is 11.5 Å². The molecular weight excluding hydrogens is 374 g/mol. The number of fused-ring (bicyclic) bond motifs is 1. The van der Waals surface area contributed by atoms with Gasteiger partial charge in [0.1, 0.15) is 0 Å². The minimum absolute atomic E-state index is 0.0394. The van der Waals surface area contributed by atoms with Crippen molar-refractivity contribution in [2.24, 2.45) is 0 Å². The van der Waals surface area contributed by atoms with Crippen molar-refractivity contribution in [2.45, 2.75) is 12.3 Å². The van der Waals surface area contributed by atoms with Crippen LogP contribution in [0.15, 0.2) is 78.9 Å². The Morgan fingerprint density at radius 2 is 1.47 bits per heavy atom. The van der Waals surface area contributed by atoms with E-state index < -0.39 is 0 Å². The van der Waals surface area contributed by atoms with Crippen LogP contribution in [0.2, 0.25) is 0 Å². The van der Waals surface area contributed by atoms with E-state index in [1.807, 2.05) is 72.8 Å². The van der Waals surface area contributed by atoms with E-state index >= 15 is 0 Å². The molecule has 0 unspecified atom stereocenters. The van der Waals surface area contributed by atoms with Gasteiger partial charge in [-0.1, -0.05) is 60.7 Å². The van der Waals surface area contributed by atoms with Gasteiger partial charge in [-0.25, -0.2) is 0 Å². The monoisotopic (exact) mass is 399 g/mol. The summed E-state index contributed by atoms with van der Waals surface area (Å²) in [6, 6.07) is 23.8. The summed E-state index contributed by atoms with van der Waals surface area (Å²) < 4.78 is 10.9. The van der Waals surface area contributed by atoms with Crippen LogP contribution in [-0.2, 0) is 11.2 Å². The van der Waals surface area contributed by atoms with Gasteiger partial charge in [0.15, 0.2) is 17.3 Å².